The van der Waals surface area contributed by atoms with Gasteiger partial charge < -0.3 is 15.2 Å². The molecule has 1 aliphatic rings. The summed E-state index contributed by atoms with van der Waals surface area (Å²) in [6.07, 6.45) is 0. The number of carbonyl (C=O) groups excluding carboxylic acids is 1. The van der Waals surface area contributed by atoms with Crippen molar-refractivity contribution in [3.8, 4) is 0 Å². The van der Waals surface area contributed by atoms with Crippen LogP contribution in [0.4, 0.5) is 5.82 Å². The number of pyridine rings is 1. The molecule has 3 aromatic rings. The Morgan fingerprint density at radius 1 is 1.22 bits per heavy atom. The summed E-state index contributed by atoms with van der Waals surface area (Å²) in [5.74, 6) is 1.49. The molecule has 6 nitrogen and oxygen atoms in total. The van der Waals surface area contributed by atoms with Crippen LogP contribution in [0, 0.1) is 5.92 Å². The second-order valence-corrected chi connectivity index (χ2v) is 6.31. The van der Waals surface area contributed by atoms with E-state index in [4.69, 9.17) is 5.73 Å². The zero-order valence-electron chi connectivity index (χ0n) is 13.3. The van der Waals surface area contributed by atoms with Crippen molar-refractivity contribution < 1.29 is 4.79 Å². The zero-order chi connectivity index (χ0) is 16.1. The molecule has 0 atom stereocenters. The topological polar surface area (TPSA) is 77.0 Å². The van der Waals surface area contributed by atoms with Crippen molar-refractivity contribution in [1.82, 2.24) is 19.4 Å². The molecule has 2 aromatic heterocycles. The first-order chi connectivity index (χ1) is 11.1. The standard InChI is InChI=1S/C17H19N5O/c1-10(2)17(23)21-7-8-22-13(9-21)20-14-15(22)11-5-3-4-6-12(11)19-16(14)18/h3-6,10H,7-9H2,1-2H3,(H2,18,19). The Kier molecular flexibility index (Phi) is 3.01. The van der Waals surface area contributed by atoms with Gasteiger partial charge in [-0.3, -0.25) is 4.79 Å². The maximum absolute atomic E-state index is 12.3. The van der Waals surface area contributed by atoms with Gasteiger partial charge in [0.15, 0.2) is 5.82 Å². The Hall–Kier alpha value is -2.63. The number of fused-ring (bicyclic) bond motifs is 5. The fraction of sp³-hybridized carbons (Fsp3) is 0.353. The fourth-order valence-electron chi connectivity index (χ4n) is 3.29. The van der Waals surface area contributed by atoms with E-state index in [2.05, 4.69) is 14.5 Å². The van der Waals surface area contributed by atoms with Crippen molar-refractivity contribution in [3.63, 3.8) is 0 Å². The third-order valence-corrected chi connectivity index (χ3v) is 4.42. The normalized spacial score (nSPS) is 14.7. The van der Waals surface area contributed by atoms with Crippen molar-refractivity contribution in [2.75, 3.05) is 12.3 Å². The number of nitrogen functional groups attached to an aromatic ring is 1. The van der Waals surface area contributed by atoms with Crippen molar-refractivity contribution in [3.05, 3.63) is 30.1 Å². The summed E-state index contributed by atoms with van der Waals surface area (Å²) < 4.78 is 2.18. The maximum Gasteiger partial charge on any atom is 0.225 e. The number of anilines is 1. The number of para-hydroxylation sites is 1. The third kappa shape index (κ3) is 2.05. The van der Waals surface area contributed by atoms with Crippen LogP contribution in [0.1, 0.15) is 19.7 Å². The van der Waals surface area contributed by atoms with Gasteiger partial charge in [-0.2, -0.15) is 0 Å². The molecule has 0 radical (unpaired) electrons. The zero-order valence-corrected chi connectivity index (χ0v) is 13.3. The van der Waals surface area contributed by atoms with Crippen LogP contribution < -0.4 is 5.73 Å². The third-order valence-electron chi connectivity index (χ3n) is 4.42. The number of carbonyl (C=O) groups is 1. The second-order valence-electron chi connectivity index (χ2n) is 6.31. The highest BCUT2D eigenvalue weighted by Crippen LogP contribution is 2.30. The van der Waals surface area contributed by atoms with Crippen LogP contribution in [-0.2, 0) is 17.9 Å². The van der Waals surface area contributed by atoms with E-state index >= 15 is 0 Å². The Morgan fingerprint density at radius 3 is 2.78 bits per heavy atom. The first-order valence-corrected chi connectivity index (χ1v) is 7.88. The largest absolute Gasteiger partial charge is 0.382 e. The molecular weight excluding hydrogens is 290 g/mol. The number of rotatable bonds is 1. The first kappa shape index (κ1) is 14.0. The summed E-state index contributed by atoms with van der Waals surface area (Å²) in [5.41, 5.74) is 8.75. The number of hydrogen-bond donors (Lipinski definition) is 1. The number of aromatic nitrogens is 3. The van der Waals surface area contributed by atoms with Crippen molar-refractivity contribution in [2.45, 2.75) is 26.9 Å². The number of amides is 1. The van der Waals surface area contributed by atoms with E-state index in [0.29, 0.717) is 18.9 Å². The molecule has 0 fully saturated rings. The molecule has 2 N–H and O–H groups in total. The van der Waals surface area contributed by atoms with E-state index < -0.39 is 0 Å². The van der Waals surface area contributed by atoms with E-state index in [1.165, 1.54) is 0 Å². The Bertz CT molecular complexity index is 928. The molecule has 4 rings (SSSR count). The van der Waals surface area contributed by atoms with Gasteiger partial charge in [0, 0.05) is 24.4 Å². The van der Waals surface area contributed by atoms with Crippen LogP contribution in [0.15, 0.2) is 24.3 Å². The van der Waals surface area contributed by atoms with Crippen LogP contribution in [0.5, 0.6) is 0 Å². The summed E-state index contributed by atoms with van der Waals surface area (Å²) in [4.78, 5) is 23.3. The SMILES string of the molecule is CC(C)C(=O)N1CCn2c(nc3c(N)nc4ccccc4c32)C1. The predicted molar refractivity (Wildman–Crippen MR) is 89.7 cm³/mol. The molecule has 0 saturated heterocycles. The first-order valence-electron chi connectivity index (χ1n) is 7.88. The second kappa shape index (κ2) is 4.94. The lowest BCUT2D eigenvalue weighted by atomic mass is 10.1. The smallest absolute Gasteiger partial charge is 0.225 e. The molecule has 0 saturated carbocycles. The van der Waals surface area contributed by atoms with Crippen molar-refractivity contribution >= 4 is 33.7 Å². The molecule has 3 heterocycles. The average molecular weight is 309 g/mol. The summed E-state index contributed by atoms with van der Waals surface area (Å²) in [5, 5.41) is 1.05. The molecule has 0 unspecified atom stereocenters. The quantitative estimate of drug-likeness (QED) is 0.747. The fourth-order valence-corrected chi connectivity index (χ4v) is 3.29. The van der Waals surface area contributed by atoms with Gasteiger partial charge >= 0.3 is 0 Å². The van der Waals surface area contributed by atoms with Gasteiger partial charge in [-0.25, -0.2) is 9.97 Å². The van der Waals surface area contributed by atoms with Crippen LogP contribution in [0.2, 0.25) is 0 Å². The average Bonchev–Trinajstić information content (AvgIpc) is 2.93. The van der Waals surface area contributed by atoms with Gasteiger partial charge in [0.1, 0.15) is 11.3 Å². The number of hydrogen-bond acceptors (Lipinski definition) is 4. The molecule has 0 bridgehead atoms. The monoisotopic (exact) mass is 309 g/mol. The van der Waals surface area contributed by atoms with E-state index in [9.17, 15) is 4.79 Å². The van der Waals surface area contributed by atoms with E-state index in [1.54, 1.807) is 0 Å². The summed E-state index contributed by atoms with van der Waals surface area (Å²) in [6.45, 7) is 5.81. The summed E-state index contributed by atoms with van der Waals surface area (Å²) in [7, 11) is 0. The highest BCUT2D eigenvalue weighted by atomic mass is 16.2. The number of benzene rings is 1. The van der Waals surface area contributed by atoms with Gasteiger partial charge in [0.05, 0.1) is 17.6 Å². The van der Waals surface area contributed by atoms with E-state index in [1.807, 2.05) is 43.0 Å². The molecule has 1 aliphatic heterocycles. The molecule has 1 aromatic carbocycles. The van der Waals surface area contributed by atoms with Crippen LogP contribution >= 0.6 is 0 Å². The van der Waals surface area contributed by atoms with E-state index in [0.717, 1.165) is 34.3 Å². The molecule has 23 heavy (non-hydrogen) atoms. The van der Waals surface area contributed by atoms with Gasteiger partial charge in [-0.15, -0.1) is 0 Å². The lowest BCUT2D eigenvalue weighted by Gasteiger charge is -2.29. The lowest BCUT2D eigenvalue weighted by molar-refractivity contribution is -0.135. The maximum atomic E-state index is 12.3. The minimum absolute atomic E-state index is 0.00139. The molecular formula is C17H19N5O. The van der Waals surface area contributed by atoms with Crippen LogP contribution in [0.3, 0.4) is 0 Å². The Morgan fingerprint density at radius 2 is 2.00 bits per heavy atom. The summed E-state index contributed by atoms with van der Waals surface area (Å²) >= 11 is 0. The number of nitrogens with zero attached hydrogens (tertiary/aromatic N) is 4. The minimum atomic E-state index is -0.00139. The van der Waals surface area contributed by atoms with Crippen LogP contribution in [-0.4, -0.2) is 31.9 Å². The molecule has 0 aliphatic carbocycles. The van der Waals surface area contributed by atoms with Gasteiger partial charge in [0.25, 0.3) is 0 Å². The Balaban J connectivity index is 1.90. The van der Waals surface area contributed by atoms with Gasteiger partial charge in [-0.1, -0.05) is 32.0 Å². The van der Waals surface area contributed by atoms with Crippen LogP contribution in [0.25, 0.3) is 21.9 Å². The van der Waals surface area contributed by atoms with Gasteiger partial charge in [0.2, 0.25) is 5.91 Å². The molecule has 0 spiro atoms. The van der Waals surface area contributed by atoms with Crippen molar-refractivity contribution in [2.24, 2.45) is 5.92 Å². The molecule has 118 valence electrons. The number of imidazole rings is 1. The minimum Gasteiger partial charge on any atom is -0.382 e. The molecule has 1 amide bonds. The highest BCUT2D eigenvalue weighted by Gasteiger charge is 2.26. The molecule has 6 heteroatoms. The van der Waals surface area contributed by atoms with E-state index in [-0.39, 0.29) is 11.8 Å². The predicted octanol–water partition coefficient (Wildman–Crippen LogP) is 2.16. The Labute approximate surface area is 133 Å². The summed E-state index contributed by atoms with van der Waals surface area (Å²) in [6, 6.07) is 7.96. The van der Waals surface area contributed by atoms with Crippen molar-refractivity contribution in [1.29, 1.82) is 0 Å². The lowest BCUT2D eigenvalue weighted by Crippen LogP contribution is -2.40. The highest BCUT2D eigenvalue weighted by molar-refractivity contribution is 6.06. The number of nitrogens with two attached hydrogens (primary N) is 1. The van der Waals surface area contributed by atoms with Gasteiger partial charge in [-0.05, 0) is 6.07 Å².